The van der Waals surface area contributed by atoms with Crippen molar-refractivity contribution in [1.29, 1.82) is 0 Å². The number of rotatable bonds is 4. The van der Waals surface area contributed by atoms with Crippen LogP contribution in [0.4, 0.5) is 0 Å². The van der Waals surface area contributed by atoms with Gasteiger partial charge < -0.3 is 9.15 Å². The van der Waals surface area contributed by atoms with Crippen molar-refractivity contribution in [2.45, 2.75) is 45.1 Å². The zero-order valence-corrected chi connectivity index (χ0v) is 15.4. The third-order valence-electron chi connectivity index (χ3n) is 5.26. The third-order valence-corrected chi connectivity index (χ3v) is 5.26. The minimum absolute atomic E-state index is 0.150. The van der Waals surface area contributed by atoms with Crippen LogP contribution in [0.1, 0.15) is 42.4 Å². The molecule has 1 fully saturated rings. The number of hydrogen-bond donors (Lipinski definition) is 0. The molecule has 1 saturated carbocycles. The van der Waals surface area contributed by atoms with Crippen LogP contribution in [0.3, 0.4) is 0 Å². The van der Waals surface area contributed by atoms with E-state index in [1.807, 2.05) is 49.4 Å². The Bertz CT molecular complexity index is 1030. The Balaban J connectivity index is 1.66. The van der Waals surface area contributed by atoms with Crippen LogP contribution in [0, 0.1) is 6.92 Å². The van der Waals surface area contributed by atoms with Crippen LogP contribution in [0.2, 0.25) is 0 Å². The SMILES string of the molecule is Cc1c(Cc2ccccc2)c(=O)oc2cc(O[C@@H]3CCCCC3=O)ccc12. The number of carbonyl (C=O) groups is 1. The van der Waals surface area contributed by atoms with E-state index in [9.17, 15) is 9.59 Å². The van der Waals surface area contributed by atoms with Crippen molar-refractivity contribution in [2.24, 2.45) is 0 Å². The highest BCUT2D eigenvalue weighted by molar-refractivity contribution is 5.85. The number of aryl methyl sites for hydroxylation is 1. The molecular weight excluding hydrogens is 340 g/mol. The van der Waals surface area contributed by atoms with Gasteiger partial charge in [0.05, 0.1) is 0 Å². The molecule has 27 heavy (non-hydrogen) atoms. The second kappa shape index (κ2) is 7.39. The quantitative estimate of drug-likeness (QED) is 0.637. The molecule has 3 aromatic rings. The molecular formula is C23H22O4. The lowest BCUT2D eigenvalue weighted by atomic mass is 9.96. The number of benzene rings is 2. The first-order chi connectivity index (χ1) is 13.1. The van der Waals surface area contributed by atoms with Crippen molar-refractivity contribution < 1.29 is 13.9 Å². The fourth-order valence-corrected chi connectivity index (χ4v) is 3.69. The van der Waals surface area contributed by atoms with Crippen LogP contribution < -0.4 is 10.4 Å². The Morgan fingerprint density at radius 3 is 2.67 bits per heavy atom. The monoisotopic (exact) mass is 362 g/mol. The highest BCUT2D eigenvalue weighted by Crippen LogP contribution is 2.27. The minimum Gasteiger partial charge on any atom is -0.483 e. The molecule has 4 heteroatoms. The Morgan fingerprint density at radius 2 is 1.89 bits per heavy atom. The predicted molar refractivity (Wildman–Crippen MR) is 104 cm³/mol. The van der Waals surface area contributed by atoms with E-state index in [0.717, 1.165) is 35.8 Å². The van der Waals surface area contributed by atoms with Gasteiger partial charge in [0.2, 0.25) is 0 Å². The lowest BCUT2D eigenvalue weighted by Gasteiger charge is -2.22. The van der Waals surface area contributed by atoms with Gasteiger partial charge >= 0.3 is 5.63 Å². The third kappa shape index (κ3) is 3.65. The van der Waals surface area contributed by atoms with Crippen molar-refractivity contribution in [3.05, 3.63) is 75.6 Å². The molecule has 0 spiro atoms. The minimum atomic E-state index is -0.388. The molecule has 4 rings (SSSR count). The number of ketones is 1. The zero-order valence-electron chi connectivity index (χ0n) is 15.4. The maximum atomic E-state index is 12.6. The van der Waals surface area contributed by atoms with Crippen molar-refractivity contribution in [1.82, 2.24) is 0 Å². The van der Waals surface area contributed by atoms with E-state index in [2.05, 4.69) is 0 Å². The summed E-state index contributed by atoms with van der Waals surface area (Å²) in [6.07, 6.45) is 3.42. The molecule has 1 heterocycles. The van der Waals surface area contributed by atoms with Crippen molar-refractivity contribution in [3.63, 3.8) is 0 Å². The van der Waals surface area contributed by atoms with Gasteiger partial charge in [-0.2, -0.15) is 0 Å². The van der Waals surface area contributed by atoms with Crippen LogP contribution in [0.15, 0.2) is 57.7 Å². The molecule has 0 amide bonds. The summed E-state index contributed by atoms with van der Waals surface area (Å²) >= 11 is 0. The summed E-state index contributed by atoms with van der Waals surface area (Å²) in [5, 5.41) is 0.892. The first kappa shape index (κ1) is 17.5. The molecule has 0 N–H and O–H groups in total. The smallest absolute Gasteiger partial charge is 0.340 e. The van der Waals surface area contributed by atoms with E-state index in [1.165, 1.54) is 0 Å². The second-order valence-corrected chi connectivity index (χ2v) is 7.13. The number of carbonyl (C=O) groups excluding carboxylic acids is 1. The molecule has 0 bridgehead atoms. The first-order valence-electron chi connectivity index (χ1n) is 9.41. The van der Waals surface area contributed by atoms with Gasteiger partial charge in [-0.1, -0.05) is 30.3 Å². The Labute approximate surface area is 157 Å². The van der Waals surface area contributed by atoms with Gasteiger partial charge in [0.15, 0.2) is 11.9 Å². The number of fused-ring (bicyclic) bond motifs is 1. The molecule has 1 aliphatic carbocycles. The zero-order chi connectivity index (χ0) is 18.8. The molecule has 0 radical (unpaired) electrons. The molecule has 1 aromatic heterocycles. The second-order valence-electron chi connectivity index (χ2n) is 7.13. The van der Waals surface area contributed by atoms with Crippen LogP contribution in [0.5, 0.6) is 5.75 Å². The average Bonchev–Trinajstić information content (AvgIpc) is 2.68. The Hall–Kier alpha value is -2.88. The van der Waals surface area contributed by atoms with Gasteiger partial charge in [-0.05, 0) is 49.4 Å². The van der Waals surface area contributed by atoms with E-state index < -0.39 is 0 Å². The summed E-state index contributed by atoms with van der Waals surface area (Å²) in [4.78, 5) is 24.5. The number of ether oxygens (including phenoxy) is 1. The Kier molecular flexibility index (Phi) is 4.80. The summed E-state index contributed by atoms with van der Waals surface area (Å²) in [6.45, 7) is 1.95. The molecule has 0 aliphatic heterocycles. The van der Waals surface area contributed by atoms with Crippen LogP contribution >= 0.6 is 0 Å². The summed E-state index contributed by atoms with van der Waals surface area (Å²) in [7, 11) is 0. The maximum absolute atomic E-state index is 12.6. The fraction of sp³-hybridized carbons (Fsp3) is 0.304. The van der Waals surface area contributed by atoms with Gasteiger partial charge in [-0.3, -0.25) is 4.79 Å². The summed E-state index contributed by atoms with van der Waals surface area (Å²) in [5.74, 6) is 0.721. The van der Waals surface area contributed by atoms with Crippen molar-refractivity contribution in [2.75, 3.05) is 0 Å². The highest BCUT2D eigenvalue weighted by Gasteiger charge is 2.24. The van der Waals surface area contributed by atoms with Gasteiger partial charge in [0, 0.05) is 29.9 Å². The standard InChI is InChI=1S/C23H22O4/c1-15-18-12-11-17(26-21-10-6-5-9-20(21)24)14-22(18)27-23(25)19(15)13-16-7-3-2-4-8-16/h2-4,7-8,11-12,14,21H,5-6,9-10,13H2,1H3/t21-/m1/s1. The molecule has 0 unspecified atom stereocenters. The Morgan fingerprint density at radius 1 is 1.07 bits per heavy atom. The van der Waals surface area contributed by atoms with E-state index in [-0.39, 0.29) is 17.5 Å². The van der Waals surface area contributed by atoms with Crippen LogP contribution in [0.25, 0.3) is 11.0 Å². The summed E-state index contributed by atoms with van der Waals surface area (Å²) < 4.78 is 11.5. The highest BCUT2D eigenvalue weighted by atomic mass is 16.5. The lowest BCUT2D eigenvalue weighted by molar-refractivity contribution is -0.127. The van der Waals surface area contributed by atoms with E-state index in [1.54, 1.807) is 6.07 Å². The predicted octanol–water partition coefficient (Wildman–Crippen LogP) is 4.58. The van der Waals surface area contributed by atoms with Crippen molar-refractivity contribution >= 4 is 16.8 Å². The van der Waals surface area contributed by atoms with E-state index in [4.69, 9.17) is 9.15 Å². The first-order valence-corrected chi connectivity index (χ1v) is 9.41. The number of hydrogen-bond acceptors (Lipinski definition) is 4. The molecule has 0 saturated heterocycles. The molecule has 138 valence electrons. The van der Waals surface area contributed by atoms with Crippen LogP contribution in [-0.2, 0) is 11.2 Å². The molecule has 1 aliphatic rings. The molecule has 1 atom stereocenters. The fourth-order valence-electron chi connectivity index (χ4n) is 3.69. The van der Waals surface area contributed by atoms with E-state index in [0.29, 0.717) is 29.7 Å². The van der Waals surface area contributed by atoms with Gasteiger partial charge in [-0.25, -0.2) is 4.79 Å². The normalized spacial score (nSPS) is 17.2. The van der Waals surface area contributed by atoms with Crippen molar-refractivity contribution in [3.8, 4) is 5.75 Å². The van der Waals surface area contributed by atoms with Crippen LogP contribution in [-0.4, -0.2) is 11.9 Å². The summed E-state index contributed by atoms with van der Waals surface area (Å²) in [6, 6.07) is 15.4. The van der Waals surface area contributed by atoms with E-state index >= 15 is 0 Å². The molecule has 4 nitrogen and oxygen atoms in total. The largest absolute Gasteiger partial charge is 0.483 e. The number of Topliss-reactive ketones (excluding diaryl/α,β-unsaturated/α-hetero) is 1. The maximum Gasteiger partial charge on any atom is 0.340 e. The topological polar surface area (TPSA) is 56.5 Å². The lowest BCUT2D eigenvalue weighted by Crippen LogP contribution is -2.30. The van der Waals surface area contributed by atoms with Gasteiger partial charge in [0.25, 0.3) is 0 Å². The summed E-state index contributed by atoms with van der Waals surface area (Å²) in [5.41, 5.74) is 2.84. The van der Waals surface area contributed by atoms with Gasteiger partial charge in [0.1, 0.15) is 11.3 Å². The average molecular weight is 362 g/mol. The van der Waals surface area contributed by atoms with Gasteiger partial charge in [-0.15, -0.1) is 0 Å². The molecule has 2 aromatic carbocycles.